The van der Waals surface area contributed by atoms with Crippen LogP contribution in [0.4, 0.5) is 11.5 Å². The van der Waals surface area contributed by atoms with Gasteiger partial charge in [-0.25, -0.2) is 9.97 Å². The minimum absolute atomic E-state index is 0.0512. The summed E-state index contributed by atoms with van der Waals surface area (Å²) in [5, 5.41) is 19.0. The Kier molecular flexibility index (Phi) is 3.07. The number of H-pyrrole nitrogens is 2. The van der Waals surface area contributed by atoms with E-state index in [4.69, 9.17) is 4.74 Å². The number of rotatable bonds is 4. The van der Waals surface area contributed by atoms with Crippen LogP contribution in [-0.4, -0.2) is 36.5 Å². The van der Waals surface area contributed by atoms with Crippen LogP contribution in [0.5, 0.6) is 5.75 Å². The second-order valence-corrected chi connectivity index (χ2v) is 5.45. The van der Waals surface area contributed by atoms with Gasteiger partial charge >= 0.3 is 0 Å². The zero-order chi connectivity index (χ0) is 15.8. The number of hydrogen-bond acceptors (Lipinski definition) is 6. The van der Waals surface area contributed by atoms with Crippen molar-refractivity contribution < 1.29 is 4.74 Å². The number of fused-ring (bicyclic) bond motifs is 2. The molecule has 0 radical (unpaired) electrons. The number of benzene rings is 1. The Bertz CT molecular complexity index is 972. The molecule has 4 aromatic rings. The summed E-state index contributed by atoms with van der Waals surface area (Å²) >= 11 is 0. The molecule has 0 unspecified atom stereocenters. The largest absolute Gasteiger partial charge is 0.489 e. The maximum atomic E-state index is 5.91. The van der Waals surface area contributed by atoms with Crippen LogP contribution in [0, 0.1) is 0 Å². The molecule has 0 atom stereocenters. The smallest absolute Gasteiger partial charge is 0.160 e. The maximum absolute atomic E-state index is 5.91. The number of hydrogen-bond donors (Lipinski definition) is 3. The quantitative estimate of drug-likeness (QED) is 0.535. The van der Waals surface area contributed by atoms with Gasteiger partial charge in [-0.3, -0.25) is 10.2 Å². The van der Waals surface area contributed by atoms with E-state index in [0.717, 1.165) is 27.7 Å². The van der Waals surface area contributed by atoms with Gasteiger partial charge in [0.1, 0.15) is 17.9 Å². The number of aromatic amines is 2. The zero-order valence-corrected chi connectivity index (χ0v) is 12.7. The topological polar surface area (TPSA) is 104 Å². The van der Waals surface area contributed by atoms with Crippen molar-refractivity contribution in [2.45, 2.75) is 20.0 Å². The standard InChI is InChI=1S/C15H15N7O/c1-8(2)23-13-4-11-9(5-18-21-11)3-12(13)20-14-10-6-19-22-15(10)17-7-16-14/h3-8H,1-2H3,(H,18,21)(H2,16,17,19,20,22). The van der Waals surface area contributed by atoms with Crippen LogP contribution in [-0.2, 0) is 0 Å². The lowest BCUT2D eigenvalue weighted by Gasteiger charge is -2.15. The number of anilines is 2. The number of nitrogens with zero attached hydrogens (tertiary/aromatic N) is 4. The molecule has 0 aliphatic carbocycles. The van der Waals surface area contributed by atoms with Crippen LogP contribution in [0.2, 0.25) is 0 Å². The molecule has 3 N–H and O–H groups in total. The molecule has 116 valence electrons. The lowest BCUT2D eigenvalue weighted by Crippen LogP contribution is -2.07. The average Bonchev–Trinajstić information content (AvgIpc) is 3.15. The molecule has 0 aliphatic rings. The summed E-state index contributed by atoms with van der Waals surface area (Å²) in [6, 6.07) is 3.91. The normalized spacial score (nSPS) is 11.4. The van der Waals surface area contributed by atoms with Crippen molar-refractivity contribution in [1.29, 1.82) is 0 Å². The summed E-state index contributed by atoms with van der Waals surface area (Å²) < 4.78 is 5.91. The SMILES string of the molecule is CC(C)Oc1cc2[nH]ncc2cc1Nc1ncnc2[nH]ncc12. The highest BCUT2D eigenvalue weighted by Gasteiger charge is 2.12. The van der Waals surface area contributed by atoms with Crippen molar-refractivity contribution in [3.63, 3.8) is 0 Å². The molecule has 0 saturated heterocycles. The van der Waals surface area contributed by atoms with E-state index < -0.39 is 0 Å². The highest BCUT2D eigenvalue weighted by molar-refractivity contribution is 5.91. The van der Waals surface area contributed by atoms with E-state index in [-0.39, 0.29) is 6.10 Å². The Morgan fingerprint density at radius 2 is 1.96 bits per heavy atom. The Labute approximate surface area is 131 Å². The molecule has 3 heterocycles. The lowest BCUT2D eigenvalue weighted by atomic mass is 10.2. The van der Waals surface area contributed by atoms with Gasteiger partial charge < -0.3 is 10.1 Å². The molecule has 4 rings (SSSR count). The number of nitrogens with one attached hydrogen (secondary N) is 3. The third kappa shape index (κ3) is 2.44. The second kappa shape index (κ2) is 5.24. The van der Waals surface area contributed by atoms with Gasteiger partial charge in [-0.15, -0.1) is 0 Å². The summed E-state index contributed by atoms with van der Waals surface area (Å²) in [6.45, 7) is 3.97. The highest BCUT2D eigenvalue weighted by atomic mass is 16.5. The molecule has 23 heavy (non-hydrogen) atoms. The first-order valence-electron chi connectivity index (χ1n) is 7.25. The first-order chi connectivity index (χ1) is 11.2. The molecular formula is C15H15N7O. The van der Waals surface area contributed by atoms with Crippen LogP contribution < -0.4 is 10.1 Å². The summed E-state index contributed by atoms with van der Waals surface area (Å²) in [6.07, 6.45) is 5.00. The molecule has 8 heteroatoms. The van der Waals surface area contributed by atoms with Gasteiger partial charge in [0, 0.05) is 11.5 Å². The molecule has 0 saturated carbocycles. The molecule has 0 bridgehead atoms. The number of ether oxygens (including phenoxy) is 1. The van der Waals surface area contributed by atoms with Crippen molar-refractivity contribution in [3.8, 4) is 5.75 Å². The monoisotopic (exact) mass is 309 g/mol. The van der Waals surface area contributed by atoms with Crippen LogP contribution in [0.25, 0.3) is 21.9 Å². The maximum Gasteiger partial charge on any atom is 0.160 e. The summed E-state index contributed by atoms with van der Waals surface area (Å²) in [5.74, 6) is 1.40. The van der Waals surface area contributed by atoms with Gasteiger partial charge in [0.15, 0.2) is 5.65 Å². The van der Waals surface area contributed by atoms with Gasteiger partial charge in [0.05, 0.1) is 35.1 Å². The fourth-order valence-corrected chi connectivity index (χ4v) is 2.41. The fourth-order valence-electron chi connectivity index (χ4n) is 2.41. The predicted octanol–water partition coefficient (Wildman–Crippen LogP) is 2.76. The van der Waals surface area contributed by atoms with Crippen molar-refractivity contribution >= 4 is 33.4 Å². The second-order valence-electron chi connectivity index (χ2n) is 5.45. The summed E-state index contributed by atoms with van der Waals surface area (Å²) in [4.78, 5) is 8.44. The highest BCUT2D eigenvalue weighted by Crippen LogP contribution is 2.33. The molecule has 0 amide bonds. The molecule has 3 aromatic heterocycles. The van der Waals surface area contributed by atoms with E-state index in [1.807, 2.05) is 26.0 Å². The summed E-state index contributed by atoms with van der Waals surface area (Å²) in [7, 11) is 0. The Morgan fingerprint density at radius 3 is 2.83 bits per heavy atom. The van der Waals surface area contributed by atoms with Crippen LogP contribution >= 0.6 is 0 Å². The number of aromatic nitrogens is 6. The third-order valence-electron chi connectivity index (χ3n) is 3.40. The van der Waals surface area contributed by atoms with E-state index in [0.29, 0.717) is 11.5 Å². The Balaban J connectivity index is 1.81. The Hall–Kier alpha value is -3.16. The van der Waals surface area contributed by atoms with Crippen LogP contribution in [0.3, 0.4) is 0 Å². The first-order valence-corrected chi connectivity index (χ1v) is 7.25. The lowest BCUT2D eigenvalue weighted by molar-refractivity contribution is 0.244. The van der Waals surface area contributed by atoms with Gasteiger partial charge in [-0.2, -0.15) is 10.2 Å². The van der Waals surface area contributed by atoms with Crippen molar-refractivity contribution in [2.24, 2.45) is 0 Å². The van der Waals surface area contributed by atoms with Gasteiger partial charge in [-0.1, -0.05) is 0 Å². The summed E-state index contributed by atoms with van der Waals surface area (Å²) in [5.41, 5.74) is 2.41. The predicted molar refractivity (Wildman–Crippen MR) is 86.8 cm³/mol. The van der Waals surface area contributed by atoms with E-state index >= 15 is 0 Å². The van der Waals surface area contributed by atoms with Crippen molar-refractivity contribution in [1.82, 2.24) is 30.4 Å². The minimum Gasteiger partial charge on any atom is -0.489 e. The first kappa shape index (κ1) is 13.5. The van der Waals surface area contributed by atoms with Gasteiger partial charge in [0.2, 0.25) is 0 Å². The fraction of sp³-hybridized carbons (Fsp3) is 0.200. The van der Waals surface area contributed by atoms with Crippen molar-refractivity contribution in [2.75, 3.05) is 5.32 Å². The minimum atomic E-state index is 0.0512. The van der Waals surface area contributed by atoms with Crippen molar-refractivity contribution in [3.05, 3.63) is 30.9 Å². The molecular weight excluding hydrogens is 294 g/mol. The van der Waals surface area contributed by atoms with Crippen LogP contribution in [0.1, 0.15) is 13.8 Å². The third-order valence-corrected chi connectivity index (χ3v) is 3.40. The Morgan fingerprint density at radius 1 is 1.09 bits per heavy atom. The van der Waals surface area contributed by atoms with E-state index in [9.17, 15) is 0 Å². The van der Waals surface area contributed by atoms with Crippen LogP contribution in [0.15, 0.2) is 30.9 Å². The zero-order valence-electron chi connectivity index (χ0n) is 12.7. The molecule has 0 fully saturated rings. The molecule has 8 nitrogen and oxygen atoms in total. The van der Waals surface area contributed by atoms with Gasteiger partial charge in [-0.05, 0) is 19.9 Å². The van der Waals surface area contributed by atoms with E-state index in [1.165, 1.54) is 6.33 Å². The molecule has 1 aromatic carbocycles. The van der Waals surface area contributed by atoms with E-state index in [1.54, 1.807) is 12.4 Å². The molecule has 0 aliphatic heterocycles. The average molecular weight is 309 g/mol. The molecule has 0 spiro atoms. The van der Waals surface area contributed by atoms with Gasteiger partial charge in [0.25, 0.3) is 0 Å². The van der Waals surface area contributed by atoms with E-state index in [2.05, 4.69) is 35.7 Å².